The highest BCUT2D eigenvalue weighted by Gasteiger charge is 2.41. The van der Waals surface area contributed by atoms with Crippen molar-refractivity contribution in [2.24, 2.45) is 5.41 Å². The lowest BCUT2D eigenvalue weighted by Gasteiger charge is -2.26. The van der Waals surface area contributed by atoms with Crippen LogP contribution in [0.1, 0.15) is 37.1 Å². The second-order valence-corrected chi connectivity index (χ2v) is 6.99. The van der Waals surface area contributed by atoms with Gasteiger partial charge in [0.05, 0.1) is 0 Å². The van der Waals surface area contributed by atoms with Crippen molar-refractivity contribution in [1.29, 1.82) is 0 Å². The molecule has 1 saturated carbocycles. The number of nitrogens with one attached hydrogen (secondary N) is 1. The molecule has 0 unspecified atom stereocenters. The molecule has 1 heterocycles. The van der Waals surface area contributed by atoms with Gasteiger partial charge in [0, 0.05) is 35.4 Å². The topological polar surface area (TPSA) is 32.3 Å². The van der Waals surface area contributed by atoms with Crippen molar-refractivity contribution in [3.8, 4) is 0 Å². The summed E-state index contributed by atoms with van der Waals surface area (Å²) in [5.41, 5.74) is 1.79. The summed E-state index contributed by atoms with van der Waals surface area (Å²) in [5, 5.41) is 15.0. The quantitative estimate of drug-likeness (QED) is 0.817. The molecular formula is C14H23NOS. The van der Waals surface area contributed by atoms with Crippen LogP contribution in [-0.2, 0) is 5.41 Å². The second-order valence-electron chi connectivity index (χ2n) is 6.08. The van der Waals surface area contributed by atoms with E-state index in [1.54, 1.807) is 0 Å². The average Bonchev–Trinajstić information content (AvgIpc) is 2.92. The van der Waals surface area contributed by atoms with E-state index in [2.05, 4.69) is 37.5 Å². The summed E-state index contributed by atoms with van der Waals surface area (Å²) in [4.78, 5) is 1.47. The molecule has 0 bridgehead atoms. The predicted molar refractivity (Wildman–Crippen MR) is 73.7 cm³/mol. The summed E-state index contributed by atoms with van der Waals surface area (Å²) < 4.78 is 0. The molecule has 0 aliphatic heterocycles. The van der Waals surface area contributed by atoms with Gasteiger partial charge in [0.25, 0.3) is 0 Å². The highest BCUT2D eigenvalue weighted by molar-refractivity contribution is 7.10. The molecule has 0 amide bonds. The molecule has 0 spiro atoms. The lowest BCUT2D eigenvalue weighted by Crippen LogP contribution is -2.36. The largest absolute Gasteiger partial charge is 0.396 e. The molecule has 1 aliphatic carbocycles. The van der Waals surface area contributed by atoms with E-state index in [0.717, 1.165) is 13.1 Å². The maximum Gasteiger partial charge on any atom is 0.0499 e. The van der Waals surface area contributed by atoms with Gasteiger partial charge in [0.1, 0.15) is 0 Å². The molecule has 2 nitrogen and oxygen atoms in total. The predicted octanol–water partition coefficient (Wildman–Crippen LogP) is 2.70. The van der Waals surface area contributed by atoms with Crippen molar-refractivity contribution in [2.45, 2.75) is 39.0 Å². The van der Waals surface area contributed by atoms with Crippen LogP contribution in [0.4, 0.5) is 0 Å². The number of aliphatic hydroxyl groups is 1. The lowest BCUT2D eigenvalue weighted by atomic mass is 9.89. The molecule has 17 heavy (non-hydrogen) atoms. The summed E-state index contributed by atoms with van der Waals surface area (Å²) >= 11 is 1.85. The minimum Gasteiger partial charge on any atom is -0.396 e. The van der Waals surface area contributed by atoms with Gasteiger partial charge in [-0.2, -0.15) is 0 Å². The van der Waals surface area contributed by atoms with Gasteiger partial charge in [-0.25, -0.2) is 0 Å². The van der Waals surface area contributed by atoms with Crippen LogP contribution in [0.15, 0.2) is 11.4 Å². The minimum absolute atomic E-state index is 0.184. The summed E-state index contributed by atoms with van der Waals surface area (Å²) in [6.45, 7) is 9.03. The molecule has 1 aliphatic rings. The molecule has 0 aromatic carbocycles. The zero-order valence-corrected chi connectivity index (χ0v) is 11.9. The van der Waals surface area contributed by atoms with Gasteiger partial charge in [-0.15, -0.1) is 11.3 Å². The highest BCUT2D eigenvalue weighted by atomic mass is 32.1. The molecule has 0 radical (unpaired) electrons. The Balaban J connectivity index is 1.88. The molecular weight excluding hydrogens is 230 g/mol. The smallest absolute Gasteiger partial charge is 0.0499 e. The third-order valence-electron chi connectivity index (χ3n) is 3.84. The number of hydrogen-bond acceptors (Lipinski definition) is 3. The van der Waals surface area contributed by atoms with E-state index < -0.39 is 0 Å². The average molecular weight is 253 g/mol. The maximum absolute atomic E-state index is 9.28. The summed E-state index contributed by atoms with van der Waals surface area (Å²) in [6.07, 6.45) is 2.35. The SMILES string of the molecule is Cc1ccsc1C(C)(C)CNCC1(CO)CC1. The van der Waals surface area contributed by atoms with Gasteiger partial charge < -0.3 is 10.4 Å². The number of rotatable bonds is 6. The first kappa shape index (κ1) is 13.1. The molecule has 3 heteroatoms. The van der Waals surface area contributed by atoms with Crippen molar-refractivity contribution in [2.75, 3.05) is 19.7 Å². The maximum atomic E-state index is 9.28. The number of aliphatic hydroxyl groups excluding tert-OH is 1. The Bertz CT molecular complexity index is 379. The van der Waals surface area contributed by atoms with Crippen LogP contribution in [-0.4, -0.2) is 24.8 Å². The molecule has 2 rings (SSSR count). The van der Waals surface area contributed by atoms with Crippen LogP contribution in [0.25, 0.3) is 0 Å². The van der Waals surface area contributed by atoms with Crippen molar-refractivity contribution in [1.82, 2.24) is 5.32 Å². The monoisotopic (exact) mass is 253 g/mol. The second kappa shape index (κ2) is 4.71. The zero-order chi connectivity index (χ0) is 12.5. The fraction of sp³-hybridized carbons (Fsp3) is 0.714. The van der Waals surface area contributed by atoms with Crippen LogP contribution < -0.4 is 5.32 Å². The van der Waals surface area contributed by atoms with Gasteiger partial charge in [0.15, 0.2) is 0 Å². The number of aryl methyl sites for hydroxylation is 1. The molecule has 0 atom stereocenters. The van der Waals surface area contributed by atoms with Gasteiger partial charge in [-0.1, -0.05) is 13.8 Å². The van der Waals surface area contributed by atoms with Crippen molar-refractivity contribution >= 4 is 11.3 Å². The third-order valence-corrected chi connectivity index (χ3v) is 5.22. The van der Waals surface area contributed by atoms with E-state index in [0.29, 0.717) is 6.61 Å². The Morgan fingerprint density at radius 2 is 2.18 bits per heavy atom. The Hall–Kier alpha value is -0.380. The molecule has 2 N–H and O–H groups in total. The summed E-state index contributed by atoms with van der Waals surface area (Å²) in [5.74, 6) is 0. The van der Waals surface area contributed by atoms with E-state index in [4.69, 9.17) is 0 Å². The van der Waals surface area contributed by atoms with Gasteiger partial charge in [0.2, 0.25) is 0 Å². The van der Waals surface area contributed by atoms with Crippen LogP contribution in [0.3, 0.4) is 0 Å². The van der Waals surface area contributed by atoms with E-state index in [1.807, 2.05) is 11.3 Å². The van der Waals surface area contributed by atoms with Gasteiger partial charge >= 0.3 is 0 Å². The van der Waals surface area contributed by atoms with Crippen LogP contribution in [0, 0.1) is 12.3 Å². The van der Waals surface area contributed by atoms with E-state index in [1.165, 1.54) is 23.3 Å². The fourth-order valence-corrected chi connectivity index (χ4v) is 3.41. The molecule has 1 aromatic rings. The lowest BCUT2D eigenvalue weighted by molar-refractivity contribution is 0.205. The standard InChI is InChI=1S/C14H23NOS/c1-11-4-7-17-12(11)13(2,3)8-15-9-14(10-16)5-6-14/h4,7,15-16H,5-6,8-10H2,1-3H3. The van der Waals surface area contributed by atoms with E-state index in [9.17, 15) is 5.11 Å². The first-order valence-corrected chi connectivity index (χ1v) is 7.23. The molecule has 96 valence electrons. The molecule has 1 fully saturated rings. The Morgan fingerprint density at radius 3 is 2.65 bits per heavy atom. The molecule has 0 saturated heterocycles. The van der Waals surface area contributed by atoms with E-state index in [-0.39, 0.29) is 10.8 Å². The first-order valence-electron chi connectivity index (χ1n) is 6.35. The Kier molecular flexibility index (Phi) is 3.62. The van der Waals surface area contributed by atoms with Crippen LogP contribution in [0.2, 0.25) is 0 Å². The van der Waals surface area contributed by atoms with Crippen molar-refractivity contribution in [3.63, 3.8) is 0 Å². The summed E-state index contributed by atoms with van der Waals surface area (Å²) in [6, 6.07) is 2.19. The van der Waals surface area contributed by atoms with Crippen LogP contribution in [0.5, 0.6) is 0 Å². The van der Waals surface area contributed by atoms with Gasteiger partial charge in [-0.3, -0.25) is 0 Å². The van der Waals surface area contributed by atoms with Gasteiger partial charge in [-0.05, 0) is 36.8 Å². The Morgan fingerprint density at radius 1 is 1.47 bits per heavy atom. The molecule has 1 aromatic heterocycles. The van der Waals surface area contributed by atoms with Crippen molar-refractivity contribution < 1.29 is 5.11 Å². The highest BCUT2D eigenvalue weighted by Crippen LogP contribution is 2.44. The number of thiophene rings is 1. The third kappa shape index (κ3) is 2.90. The fourth-order valence-electron chi connectivity index (χ4n) is 2.35. The first-order chi connectivity index (χ1) is 7.99. The minimum atomic E-state index is 0.184. The summed E-state index contributed by atoms with van der Waals surface area (Å²) in [7, 11) is 0. The zero-order valence-electron chi connectivity index (χ0n) is 11.0. The van der Waals surface area contributed by atoms with E-state index >= 15 is 0 Å². The Labute approximate surface area is 108 Å². The number of hydrogen-bond donors (Lipinski definition) is 2. The normalized spacial score (nSPS) is 18.4. The van der Waals surface area contributed by atoms with Crippen LogP contribution >= 0.6 is 11.3 Å². The van der Waals surface area contributed by atoms with Crippen molar-refractivity contribution in [3.05, 3.63) is 21.9 Å².